The second-order valence-electron chi connectivity index (χ2n) is 3.69. The zero-order chi connectivity index (χ0) is 13.0. The van der Waals surface area contributed by atoms with E-state index in [1.807, 2.05) is 25.1 Å². The number of aromatic nitrogens is 3. The quantitative estimate of drug-likeness (QED) is 0.378. The number of pyridine rings is 1. The molecular formula is C12H13N5S. The van der Waals surface area contributed by atoms with Gasteiger partial charge in [-0.25, -0.2) is 9.97 Å². The molecule has 0 saturated carbocycles. The minimum atomic E-state index is -0.0173. The van der Waals surface area contributed by atoms with Crippen LogP contribution in [0.4, 0.5) is 0 Å². The van der Waals surface area contributed by atoms with Crippen molar-refractivity contribution in [2.75, 3.05) is 0 Å². The summed E-state index contributed by atoms with van der Waals surface area (Å²) in [6.07, 6.45) is 3.37. The van der Waals surface area contributed by atoms with E-state index in [4.69, 9.17) is 11.1 Å². The van der Waals surface area contributed by atoms with Gasteiger partial charge in [0.25, 0.3) is 0 Å². The number of rotatable bonds is 4. The van der Waals surface area contributed by atoms with E-state index in [9.17, 15) is 0 Å². The van der Waals surface area contributed by atoms with Gasteiger partial charge in [-0.3, -0.25) is 10.4 Å². The lowest BCUT2D eigenvalue weighted by atomic mass is 10.2. The molecule has 3 N–H and O–H groups in total. The van der Waals surface area contributed by atoms with E-state index in [1.165, 1.54) is 11.8 Å². The highest BCUT2D eigenvalue weighted by atomic mass is 32.2. The summed E-state index contributed by atoms with van der Waals surface area (Å²) in [6, 6.07) is 5.60. The minimum absolute atomic E-state index is 0.0173. The van der Waals surface area contributed by atoms with E-state index in [0.29, 0.717) is 16.6 Å². The molecule has 2 aromatic heterocycles. The number of hydrogen-bond donors (Lipinski definition) is 2. The first-order valence-corrected chi connectivity index (χ1v) is 6.36. The Morgan fingerprint density at radius 3 is 2.89 bits per heavy atom. The fourth-order valence-corrected chi connectivity index (χ4v) is 2.30. The Bertz CT molecular complexity index is 570. The maximum atomic E-state index is 7.47. The van der Waals surface area contributed by atoms with Gasteiger partial charge in [0.1, 0.15) is 11.5 Å². The molecular weight excluding hydrogens is 246 g/mol. The Morgan fingerprint density at radius 2 is 2.17 bits per heavy atom. The predicted octanol–water partition coefficient (Wildman–Crippen LogP) is 1.76. The third-order valence-corrected chi connectivity index (χ3v) is 3.19. The molecule has 0 atom stereocenters. The van der Waals surface area contributed by atoms with E-state index in [1.54, 1.807) is 12.4 Å². The van der Waals surface area contributed by atoms with Crippen molar-refractivity contribution in [1.29, 1.82) is 5.41 Å². The molecule has 0 fully saturated rings. The fraction of sp³-hybridized carbons (Fsp3) is 0.167. The number of nitrogens with one attached hydrogen (secondary N) is 1. The molecule has 0 radical (unpaired) electrons. The molecule has 0 saturated heterocycles. The van der Waals surface area contributed by atoms with E-state index >= 15 is 0 Å². The van der Waals surface area contributed by atoms with Crippen LogP contribution in [0, 0.1) is 12.3 Å². The third-order valence-electron chi connectivity index (χ3n) is 2.28. The summed E-state index contributed by atoms with van der Waals surface area (Å²) >= 11 is 1.50. The van der Waals surface area contributed by atoms with E-state index in [0.717, 1.165) is 11.3 Å². The Kier molecular flexibility index (Phi) is 3.88. The molecule has 0 unspecified atom stereocenters. The van der Waals surface area contributed by atoms with Crippen LogP contribution in [0.1, 0.15) is 17.0 Å². The first-order chi connectivity index (χ1) is 8.66. The molecule has 0 aliphatic carbocycles. The SMILES string of the molecule is Cc1ccnc(SCc2cccnc2C(=N)N)n1. The van der Waals surface area contributed by atoms with Crippen molar-refractivity contribution in [3.8, 4) is 0 Å². The molecule has 5 nitrogen and oxygen atoms in total. The molecule has 0 bridgehead atoms. The lowest BCUT2D eigenvalue weighted by Crippen LogP contribution is -2.15. The van der Waals surface area contributed by atoms with E-state index in [-0.39, 0.29) is 5.84 Å². The van der Waals surface area contributed by atoms with Crippen molar-refractivity contribution in [2.45, 2.75) is 17.8 Å². The maximum Gasteiger partial charge on any atom is 0.188 e. The van der Waals surface area contributed by atoms with Crippen molar-refractivity contribution in [2.24, 2.45) is 5.73 Å². The van der Waals surface area contributed by atoms with Crippen LogP contribution in [0.25, 0.3) is 0 Å². The number of amidine groups is 1. The highest BCUT2D eigenvalue weighted by Gasteiger charge is 2.07. The average Bonchev–Trinajstić information content (AvgIpc) is 2.37. The van der Waals surface area contributed by atoms with Crippen molar-refractivity contribution >= 4 is 17.6 Å². The zero-order valence-corrected chi connectivity index (χ0v) is 10.7. The molecule has 18 heavy (non-hydrogen) atoms. The Hall–Kier alpha value is -1.95. The normalized spacial score (nSPS) is 10.3. The number of hydrogen-bond acceptors (Lipinski definition) is 5. The maximum absolute atomic E-state index is 7.47. The molecule has 0 spiro atoms. The second-order valence-corrected chi connectivity index (χ2v) is 4.64. The number of thioether (sulfide) groups is 1. The van der Waals surface area contributed by atoms with Gasteiger partial charge in [-0.1, -0.05) is 17.8 Å². The van der Waals surface area contributed by atoms with E-state index < -0.39 is 0 Å². The Balaban J connectivity index is 2.13. The lowest BCUT2D eigenvalue weighted by Gasteiger charge is -2.06. The standard InChI is InChI=1S/C12H13N5S/c1-8-4-6-16-12(17-8)18-7-9-3-2-5-15-10(9)11(13)14/h2-6H,7H2,1H3,(H3,13,14). The van der Waals surface area contributed by atoms with Crippen molar-refractivity contribution in [3.05, 3.63) is 47.5 Å². The summed E-state index contributed by atoms with van der Waals surface area (Å²) in [7, 11) is 0. The number of aryl methyl sites for hydroxylation is 1. The smallest absolute Gasteiger partial charge is 0.188 e. The van der Waals surface area contributed by atoms with Gasteiger partial charge in [-0.2, -0.15) is 0 Å². The summed E-state index contributed by atoms with van der Waals surface area (Å²) in [6.45, 7) is 1.93. The van der Waals surface area contributed by atoms with Gasteiger partial charge in [0.2, 0.25) is 0 Å². The second kappa shape index (κ2) is 5.59. The van der Waals surface area contributed by atoms with Crippen LogP contribution >= 0.6 is 11.8 Å². The number of nitrogens with zero attached hydrogens (tertiary/aromatic N) is 3. The van der Waals surface area contributed by atoms with Crippen molar-refractivity contribution in [1.82, 2.24) is 15.0 Å². The van der Waals surface area contributed by atoms with Gasteiger partial charge in [0, 0.05) is 23.8 Å². The molecule has 92 valence electrons. The topological polar surface area (TPSA) is 88.5 Å². The van der Waals surface area contributed by atoms with Crippen LogP contribution < -0.4 is 5.73 Å². The number of nitrogens with two attached hydrogens (primary N) is 1. The predicted molar refractivity (Wildman–Crippen MR) is 71.6 cm³/mol. The lowest BCUT2D eigenvalue weighted by molar-refractivity contribution is 0.931. The van der Waals surface area contributed by atoms with Gasteiger partial charge >= 0.3 is 0 Å². The van der Waals surface area contributed by atoms with Crippen LogP contribution in [0.3, 0.4) is 0 Å². The van der Waals surface area contributed by atoms with Crippen LogP contribution in [-0.2, 0) is 5.75 Å². The summed E-state index contributed by atoms with van der Waals surface area (Å²) in [5.74, 6) is 0.628. The van der Waals surface area contributed by atoms with Gasteiger partial charge in [0.15, 0.2) is 5.16 Å². The molecule has 2 aromatic rings. The summed E-state index contributed by atoms with van der Waals surface area (Å²) in [4.78, 5) is 12.6. The van der Waals surface area contributed by atoms with Crippen LogP contribution in [0.5, 0.6) is 0 Å². The molecule has 6 heteroatoms. The van der Waals surface area contributed by atoms with Gasteiger partial charge in [-0.15, -0.1) is 0 Å². The third kappa shape index (κ3) is 3.04. The molecule has 0 amide bonds. The van der Waals surface area contributed by atoms with Crippen LogP contribution in [0.2, 0.25) is 0 Å². The number of nitrogen functional groups attached to an aromatic ring is 1. The molecule has 2 heterocycles. The molecule has 2 rings (SSSR count). The van der Waals surface area contributed by atoms with E-state index in [2.05, 4.69) is 15.0 Å². The van der Waals surface area contributed by atoms with Crippen molar-refractivity contribution < 1.29 is 0 Å². The van der Waals surface area contributed by atoms with Gasteiger partial charge in [-0.05, 0) is 24.6 Å². The molecule has 0 aliphatic heterocycles. The molecule has 0 aromatic carbocycles. The first-order valence-electron chi connectivity index (χ1n) is 5.37. The van der Waals surface area contributed by atoms with Crippen LogP contribution in [0.15, 0.2) is 35.7 Å². The summed E-state index contributed by atoms with van der Waals surface area (Å²) in [5.41, 5.74) is 7.87. The highest BCUT2D eigenvalue weighted by molar-refractivity contribution is 7.98. The summed E-state index contributed by atoms with van der Waals surface area (Å²) in [5, 5.41) is 8.18. The fourth-order valence-electron chi connectivity index (χ4n) is 1.44. The van der Waals surface area contributed by atoms with Gasteiger partial charge in [0.05, 0.1) is 0 Å². The zero-order valence-electron chi connectivity index (χ0n) is 9.92. The molecule has 0 aliphatic rings. The largest absolute Gasteiger partial charge is 0.382 e. The Morgan fingerprint density at radius 1 is 1.33 bits per heavy atom. The highest BCUT2D eigenvalue weighted by Crippen LogP contribution is 2.20. The first kappa shape index (κ1) is 12.5. The van der Waals surface area contributed by atoms with Crippen molar-refractivity contribution in [3.63, 3.8) is 0 Å². The van der Waals surface area contributed by atoms with Crippen LogP contribution in [-0.4, -0.2) is 20.8 Å². The summed E-state index contributed by atoms with van der Waals surface area (Å²) < 4.78 is 0. The average molecular weight is 259 g/mol. The Labute approximate surface area is 109 Å². The monoisotopic (exact) mass is 259 g/mol. The van der Waals surface area contributed by atoms with Gasteiger partial charge < -0.3 is 5.73 Å². The minimum Gasteiger partial charge on any atom is -0.382 e.